The fraction of sp³-hybridized carbons (Fsp3) is 0.160. The second-order valence-corrected chi connectivity index (χ2v) is 7.87. The maximum atomic E-state index is 14.3. The zero-order valence-electron chi connectivity index (χ0n) is 17.8. The van der Waals surface area contributed by atoms with Crippen LogP contribution < -0.4 is 0 Å². The zero-order valence-corrected chi connectivity index (χ0v) is 17.8. The third kappa shape index (κ3) is 4.55. The second kappa shape index (κ2) is 9.11. The molecule has 0 amide bonds. The Morgan fingerprint density at radius 3 is 2.50 bits per heavy atom. The van der Waals surface area contributed by atoms with Crippen LogP contribution in [0.5, 0.6) is 0 Å². The topological polar surface area (TPSA) is 81.2 Å². The van der Waals surface area contributed by atoms with E-state index in [1.807, 2.05) is 6.07 Å². The third-order valence-electron chi connectivity index (χ3n) is 5.59. The number of nitro groups is 1. The van der Waals surface area contributed by atoms with E-state index in [9.17, 15) is 28.4 Å². The highest BCUT2D eigenvalue weighted by atomic mass is 19.4. The number of pyridine rings is 1. The van der Waals surface area contributed by atoms with Gasteiger partial charge in [-0.15, -0.1) is 0 Å². The minimum absolute atomic E-state index is 0.0936. The number of nitrogens with zero attached hydrogens (tertiary/aromatic N) is 3. The van der Waals surface area contributed by atoms with E-state index in [0.29, 0.717) is 5.56 Å². The second-order valence-electron chi connectivity index (χ2n) is 7.87. The van der Waals surface area contributed by atoms with Gasteiger partial charge in [-0.25, -0.2) is 0 Å². The van der Waals surface area contributed by atoms with Gasteiger partial charge in [-0.1, -0.05) is 48.6 Å². The fourth-order valence-corrected chi connectivity index (χ4v) is 3.85. The van der Waals surface area contributed by atoms with Crippen molar-refractivity contribution >= 4 is 22.7 Å². The molecule has 1 atom stereocenters. The van der Waals surface area contributed by atoms with Gasteiger partial charge >= 0.3 is 6.18 Å². The Bertz CT molecular complexity index is 1340. The van der Waals surface area contributed by atoms with E-state index in [0.717, 1.165) is 11.6 Å². The van der Waals surface area contributed by atoms with Crippen molar-refractivity contribution in [1.82, 2.24) is 9.55 Å². The maximum absolute atomic E-state index is 14.3. The van der Waals surface area contributed by atoms with Gasteiger partial charge in [-0.05, 0) is 23.3 Å². The number of alkyl halides is 3. The van der Waals surface area contributed by atoms with Crippen molar-refractivity contribution in [3.8, 4) is 0 Å². The van der Waals surface area contributed by atoms with Crippen LogP contribution in [0.4, 0.5) is 18.9 Å². The van der Waals surface area contributed by atoms with E-state index in [1.165, 1.54) is 41.2 Å². The molecule has 0 radical (unpaired) electrons. The third-order valence-corrected chi connectivity index (χ3v) is 5.59. The number of nitro benzene ring substituents is 1. The minimum Gasteiger partial charge on any atom is -0.376 e. The van der Waals surface area contributed by atoms with Gasteiger partial charge in [0.15, 0.2) is 5.60 Å². The van der Waals surface area contributed by atoms with E-state index >= 15 is 0 Å². The highest BCUT2D eigenvalue weighted by Crippen LogP contribution is 2.45. The first kappa shape index (κ1) is 23.2. The number of rotatable bonds is 7. The summed E-state index contributed by atoms with van der Waals surface area (Å²) in [5.74, 6) is 0. The smallest absolute Gasteiger partial charge is 0.376 e. The van der Waals surface area contributed by atoms with Crippen LogP contribution in [-0.2, 0) is 12.1 Å². The largest absolute Gasteiger partial charge is 0.421 e. The summed E-state index contributed by atoms with van der Waals surface area (Å²) in [6.45, 7) is 0.179. The fourth-order valence-electron chi connectivity index (χ4n) is 3.85. The van der Waals surface area contributed by atoms with Crippen LogP contribution in [0, 0.1) is 10.1 Å². The maximum Gasteiger partial charge on any atom is 0.421 e. The van der Waals surface area contributed by atoms with Crippen LogP contribution in [0.15, 0.2) is 85.3 Å². The lowest BCUT2D eigenvalue weighted by Crippen LogP contribution is -2.41. The van der Waals surface area contributed by atoms with Gasteiger partial charge in [0.25, 0.3) is 5.69 Å². The summed E-state index contributed by atoms with van der Waals surface area (Å²) in [7, 11) is 0. The highest BCUT2D eigenvalue weighted by molar-refractivity contribution is 5.87. The van der Waals surface area contributed by atoms with E-state index in [2.05, 4.69) is 4.98 Å². The van der Waals surface area contributed by atoms with Gasteiger partial charge in [-0.3, -0.25) is 15.1 Å². The van der Waals surface area contributed by atoms with Crippen molar-refractivity contribution in [2.45, 2.75) is 24.7 Å². The van der Waals surface area contributed by atoms with Gasteiger partial charge in [0.2, 0.25) is 0 Å². The van der Waals surface area contributed by atoms with Gasteiger partial charge in [0.1, 0.15) is 0 Å². The quantitative estimate of drug-likeness (QED) is 0.273. The van der Waals surface area contributed by atoms with E-state index in [4.69, 9.17) is 0 Å². The van der Waals surface area contributed by atoms with E-state index in [-0.39, 0.29) is 28.7 Å². The molecule has 0 saturated heterocycles. The lowest BCUT2D eigenvalue weighted by molar-refractivity contribution is -0.384. The molecule has 174 valence electrons. The predicted molar refractivity (Wildman–Crippen MR) is 122 cm³/mol. The molecule has 6 nitrogen and oxygen atoms in total. The highest BCUT2D eigenvalue weighted by Gasteiger charge is 2.55. The Morgan fingerprint density at radius 1 is 1.09 bits per heavy atom. The number of non-ortho nitro benzene ring substituents is 1. The van der Waals surface area contributed by atoms with Crippen molar-refractivity contribution in [2.75, 3.05) is 0 Å². The SMILES string of the molecule is O=[N+]([O-])c1ccc2c(C(O)(C/C=C/c3cccnc3)C(F)(F)F)cn(Cc3ccccc3)c2c1. The Balaban J connectivity index is 1.83. The summed E-state index contributed by atoms with van der Waals surface area (Å²) in [5, 5.41) is 22.4. The Hall–Kier alpha value is -3.98. The number of aromatic nitrogens is 2. The summed E-state index contributed by atoms with van der Waals surface area (Å²) in [6, 6.07) is 16.0. The van der Waals surface area contributed by atoms with Crippen LogP contribution in [0.1, 0.15) is 23.1 Å². The van der Waals surface area contributed by atoms with E-state index in [1.54, 1.807) is 42.6 Å². The van der Waals surface area contributed by atoms with Crippen LogP contribution in [0.25, 0.3) is 17.0 Å². The Kier molecular flexibility index (Phi) is 6.21. The van der Waals surface area contributed by atoms with Crippen molar-refractivity contribution in [2.24, 2.45) is 0 Å². The Labute approximate surface area is 192 Å². The molecule has 0 aliphatic heterocycles. The number of benzene rings is 2. The lowest BCUT2D eigenvalue weighted by atomic mass is 9.89. The first-order valence-corrected chi connectivity index (χ1v) is 10.4. The summed E-state index contributed by atoms with van der Waals surface area (Å²) >= 11 is 0. The zero-order chi connectivity index (χ0) is 24.3. The standard InChI is InChI=1S/C25H20F3N3O3/c26-25(27,28)24(32,12-4-8-18-9-5-13-29-15-18)22-17-30(16-19-6-2-1-3-7-19)23-14-20(31(33)34)10-11-21(22)23/h1-11,13-15,17,32H,12,16H2/b8-4+. The molecule has 0 bridgehead atoms. The molecule has 0 saturated carbocycles. The van der Waals surface area contributed by atoms with Gasteiger partial charge in [0.05, 0.1) is 10.4 Å². The molecular weight excluding hydrogens is 447 g/mol. The molecule has 4 rings (SSSR count). The molecule has 2 aromatic heterocycles. The molecule has 2 heterocycles. The summed E-state index contributed by atoms with van der Waals surface area (Å²) in [4.78, 5) is 14.6. The normalized spacial score (nSPS) is 13.9. The number of aliphatic hydroxyl groups is 1. The van der Waals surface area contributed by atoms with Gasteiger partial charge in [-0.2, -0.15) is 13.2 Å². The average Bonchev–Trinajstić information content (AvgIpc) is 3.17. The van der Waals surface area contributed by atoms with Crippen LogP contribution in [0.3, 0.4) is 0 Å². The number of halogens is 3. The molecule has 9 heteroatoms. The summed E-state index contributed by atoms with van der Waals surface area (Å²) < 4.78 is 44.3. The molecule has 0 aliphatic carbocycles. The molecule has 4 aromatic rings. The first-order valence-electron chi connectivity index (χ1n) is 10.4. The number of fused-ring (bicyclic) bond motifs is 1. The van der Waals surface area contributed by atoms with Crippen LogP contribution in [-0.4, -0.2) is 25.8 Å². The monoisotopic (exact) mass is 467 g/mol. The van der Waals surface area contributed by atoms with Crippen LogP contribution >= 0.6 is 0 Å². The summed E-state index contributed by atoms with van der Waals surface area (Å²) in [6.07, 6.45) is 1.23. The Morgan fingerprint density at radius 2 is 1.85 bits per heavy atom. The van der Waals surface area contributed by atoms with Crippen molar-refractivity contribution < 1.29 is 23.2 Å². The van der Waals surface area contributed by atoms with Crippen molar-refractivity contribution in [1.29, 1.82) is 0 Å². The molecule has 0 spiro atoms. The molecule has 2 aromatic carbocycles. The lowest BCUT2D eigenvalue weighted by Gasteiger charge is -2.29. The molecular formula is C25H20F3N3O3. The van der Waals surface area contributed by atoms with E-state index < -0.39 is 23.1 Å². The first-order chi connectivity index (χ1) is 16.2. The van der Waals surface area contributed by atoms with Crippen molar-refractivity contribution in [3.63, 3.8) is 0 Å². The van der Waals surface area contributed by atoms with Gasteiger partial charge < -0.3 is 9.67 Å². The summed E-state index contributed by atoms with van der Waals surface area (Å²) in [5.41, 5.74) is -2.21. The van der Waals surface area contributed by atoms with Gasteiger partial charge in [0, 0.05) is 54.6 Å². The molecule has 0 aliphatic rings. The molecule has 0 fully saturated rings. The molecule has 1 unspecified atom stereocenters. The average molecular weight is 467 g/mol. The molecule has 34 heavy (non-hydrogen) atoms. The number of hydrogen-bond acceptors (Lipinski definition) is 4. The predicted octanol–water partition coefficient (Wildman–Crippen LogP) is 5.85. The van der Waals surface area contributed by atoms with Crippen LogP contribution in [0.2, 0.25) is 0 Å². The minimum atomic E-state index is -5.00. The number of hydrogen-bond donors (Lipinski definition) is 1. The van der Waals surface area contributed by atoms with Crippen molar-refractivity contribution in [3.05, 3.63) is 112 Å². The molecule has 1 N–H and O–H groups in total.